The fraction of sp³-hybridized carbons (Fsp3) is 0.500. The van der Waals surface area contributed by atoms with Gasteiger partial charge < -0.3 is 10.2 Å². The molecular weight excluding hydrogens is 272 g/mol. The molecule has 3 rings (SSSR count). The van der Waals surface area contributed by atoms with Crippen LogP contribution in [0.1, 0.15) is 25.6 Å². The Hall–Kier alpha value is -1.69. The lowest BCUT2D eigenvalue weighted by molar-refractivity contribution is -0.128. The highest BCUT2D eigenvalue weighted by molar-refractivity contribution is 7.16. The number of hydrogen-bond acceptors (Lipinski definition) is 5. The monoisotopic (exact) mass is 290 g/mol. The minimum atomic E-state index is 0.220. The van der Waals surface area contributed by atoms with Gasteiger partial charge in [0.1, 0.15) is 10.6 Å². The minimum absolute atomic E-state index is 0.220. The van der Waals surface area contributed by atoms with Gasteiger partial charge in [-0.3, -0.25) is 4.79 Å². The number of nitrogens with one attached hydrogen (secondary N) is 1. The highest BCUT2D eigenvalue weighted by Gasteiger charge is 2.28. The zero-order valence-electron chi connectivity index (χ0n) is 11.7. The number of anilines is 1. The van der Waals surface area contributed by atoms with E-state index in [1.165, 1.54) is 0 Å². The molecule has 0 aromatic carbocycles. The molecule has 6 heteroatoms. The van der Waals surface area contributed by atoms with Crippen molar-refractivity contribution < 1.29 is 4.79 Å². The van der Waals surface area contributed by atoms with E-state index in [2.05, 4.69) is 22.2 Å². The van der Waals surface area contributed by atoms with Gasteiger partial charge in [-0.25, -0.2) is 9.97 Å². The van der Waals surface area contributed by atoms with Gasteiger partial charge in [0.2, 0.25) is 5.91 Å². The molecule has 106 valence electrons. The smallest absolute Gasteiger partial charge is 0.223 e. The van der Waals surface area contributed by atoms with Crippen molar-refractivity contribution in [2.45, 2.75) is 26.3 Å². The summed E-state index contributed by atoms with van der Waals surface area (Å²) in [5.41, 5.74) is 0. The summed E-state index contributed by atoms with van der Waals surface area (Å²) >= 11 is 1.60. The number of aromatic nitrogens is 2. The average Bonchev–Trinajstić information content (AvgIpc) is 3.05. The molecule has 1 fully saturated rings. The molecule has 0 saturated carbocycles. The number of likely N-dealkylation sites (tertiary alicyclic amines) is 1. The first-order chi connectivity index (χ1) is 9.71. The van der Waals surface area contributed by atoms with E-state index < -0.39 is 0 Å². The molecule has 0 radical (unpaired) electrons. The maximum Gasteiger partial charge on any atom is 0.223 e. The van der Waals surface area contributed by atoms with Gasteiger partial charge in [0, 0.05) is 20.0 Å². The Morgan fingerprint density at radius 3 is 3.05 bits per heavy atom. The molecule has 1 saturated heterocycles. The zero-order chi connectivity index (χ0) is 14.1. The number of fused-ring (bicyclic) bond motifs is 1. The van der Waals surface area contributed by atoms with Crippen LogP contribution < -0.4 is 5.32 Å². The van der Waals surface area contributed by atoms with E-state index in [-0.39, 0.29) is 5.91 Å². The van der Waals surface area contributed by atoms with Gasteiger partial charge in [-0.2, -0.15) is 0 Å². The lowest BCUT2D eigenvalue weighted by Crippen LogP contribution is -2.25. The van der Waals surface area contributed by atoms with Crippen LogP contribution in [0, 0.1) is 5.92 Å². The number of thiophene rings is 1. The molecule has 1 atom stereocenters. The molecule has 0 bridgehead atoms. The standard InChI is InChI=1S/C14H18N4OS/c1-3-9-6-12(19)18(7-9)8-11-16-13(15-2)10-4-5-20-14(10)17-11/h4-5,9H,3,6-8H2,1-2H3,(H,15,16,17). The third-order valence-electron chi connectivity index (χ3n) is 3.81. The predicted molar refractivity (Wildman–Crippen MR) is 80.8 cm³/mol. The van der Waals surface area contributed by atoms with E-state index in [4.69, 9.17) is 0 Å². The Labute approximate surface area is 122 Å². The second-order valence-electron chi connectivity index (χ2n) is 5.13. The van der Waals surface area contributed by atoms with Gasteiger partial charge in [0.15, 0.2) is 5.82 Å². The number of amides is 1. The van der Waals surface area contributed by atoms with Crippen molar-refractivity contribution >= 4 is 33.3 Å². The predicted octanol–water partition coefficient (Wildman–Crippen LogP) is 2.49. The molecule has 2 aromatic heterocycles. The van der Waals surface area contributed by atoms with Crippen LogP contribution in [0.15, 0.2) is 11.4 Å². The first kappa shape index (κ1) is 13.3. The second-order valence-corrected chi connectivity index (χ2v) is 6.03. The maximum absolute atomic E-state index is 12.0. The molecule has 1 amide bonds. The van der Waals surface area contributed by atoms with Crippen LogP contribution in [0.25, 0.3) is 10.2 Å². The molecule has 20 heavy (non-hydrogen) atoms. The summed E-state index contributed by atoms with van der Waals surface area (Å²) in [5.74, 6) is 2.26. The number of carbonyl (C=O) groups is 1. The minimum Gasteiger partial charge on any atom is -0.372 e. The number of nitrogens with zero attached hydrogens (tertiary/aromatic N) is 3. The van der Waals surface area contributed by atoms with Crippen LogP contribution in [0.2, 0.25) is 0 Å². The van der Waals surface area contributed by atoms with Crippen LogP contribution in [0.4, 0.5) is 5.82 Å². The van der Waals surface area contributed by atoms with Gasteiger partial charge in [0.25, 0.3) is 0 Å². The lowest BCUT2D eigenvalue weighted by atomic mass is 10.1. The molecule has 1 N–H and O–H groups in total. The fourth-order valence-electron chi connectivity index (χ4n) is 2.61. The molecular formula is C14H18N4OS. The Bertz CT molecular complexity index is 639. The van der Waals surface area contributed by atoms with Crippen molar-refractivity contribution in [2.24, 2.45) is 5.92 Å². The SMILES string of the molecule is CCC1CC(=O)N(Cc2nc(NC)c3ccsc3n2)C1. The van der Waals surface area contributed by atoms with Gasteiger partial charge >= 0.3 is 0 Å². The summed E-state index contributed by atoms with van der Waals surface area (Å²) in [4.78, 5) is 23.9. The van der Waals surface area contributed by atoms with Crippen LogP contribution in [0.5, 0.6) is 0 Å². The van der Waals surface area contributed by atoms with Crippen LogP contribution in [-0.4, -0.2) is 34.4 Å². The first-order valence-corrected chi connectivity index (χ1v) is 7.79. The van der Waals surface area contributed by atoms with E-state index in [1.54, 1.807) is 11.3 Å². The van der Waals surface area contributed by atoms with Crippen molar-refractivity contribution in [3.63, 3.8) is 0 Å². The van der Waals surface area contributed by atoms with Gasteiger partial charge in [-0.1, -0.05) is 13.3 Å². The average molecular weight is 290 g/mol. The van der Waals surface area contributed by atoms with E-state index in [0.29, 0.717) is 18.9 Å². The zero-order valence-corrected chi connectivity index (χ0v) is 12.5. The number of hydrogen-bond donors (Lipinski definition) is 1. The highest BCUT2D eigenvalue weighted by atomic mass is 32.1. The number of rotatable bonds is 4. The molecule has 0 aliphatic carbocycles. The normalized spacial score (nSPS) is 19.0. The Kier molecular flexibility index (Phi) is 3.56. The quantitative estimate of drug-likeness (QED) is 0.940. The van der Waals surface area contributed by atoms with Crippen LogP contribution >= 0.6 is 11.3 Å². The Morgan fingerprint density at radius 2 is 2.35 bits per heavy atom. The number of carbonyl (C=O) groups excluding carboxylic acids is 1. The van der Waals surface area contributed by atoms with Crippen LogP contribution in [0.3, 0.4) is 0 Å². The van der Waals surface area contributed by atoms with Crippen molar-refractivity contribution in [1.82, 2.24) is 14.9 Å². The molecule has 0 spiro atoms. The summed E-state index contributed by atoms with van der Waals surface area (Å²) in [6.45, 7) is 3.47. The molecule has 1 unspecified atom stereocenters. The molecule has 1 aliphatic rings. The highest BCUT2D eigenvalue weighted by Crippen LogP contribution is 2.26. The van der Waals surface area contributed by atoms with E-state index >= 15 is 0 Å². The first-order valence-electron chi connectivity index (χ1n) is 6.91. The fourth-order valence-corrected chi connectivity index (χ4v) is 3.39. The van der Waals surface area contributed by atoms with Crippen molar-refractivity contribution in [3.8, 4) is 0 Å². The molecule has 2 aromatic rings. The van der Waals surface area contributed by atoms with Gasteiger partial charge in [-0.15, -0.1) is 11.3 Å². The van der Waals surface area contributed by atoms with E-state index in [9.17, 15) is 4.79 Å². The Balaban J connectivity index is 1.85. The summed E-state index contributed by atoms with van der Waals surface area (Å²) in [6.07, 6.45) is 1.71. The van der Waals surface area contributed by atoms with Crippen molar-refractivity contribution in [3.05, 3.63) is 17.3 Å². The molecule has 1 aliphatic heterocycles. The van der Waals surface area contributed by atoms with E-state index in [0.717, 1.165) is 34.8 Å². The third kappa shape index (κ3) is 2.35. The largest absolute Gasteiger partial charge is 0.372 e. The lowest BCUT2D eigenvalue weighted by Gasteiger charge is -2.16. The van der Waals surface area contributed by atoms with Crippen molar-refractivity contribution in [2.75, 3.05) is 18.9 Å². The summed E-state index contributed by atoms with van der Waals surface area (Å²) < 4.78 is 0. The molecule has 5 nitrogen and oxygen atoms in total. The van der Waals surface area contributed by atoms with Crippen LogP contribution in [-0.2, 0) is 11.3 Å². The molecule has 3 heterocycles. The third-order valence-corrected chi connectivity index (χ3v) is 4.62. The second kappa shape index (κ2) is 5.36. The van der Waals surface area contributed by atoms with E-state index in [1.807, 2.05) is 23.4 Å². The van der Waals surface area contributed by atoms with Crippen molar-refractivity contribution in [1.29, 1.82) is 0 Å². The van der Waals surface area contributed by atoms with Gasteiger partial charge in [0.05, 0.1) is 11.9 Å². The summed E-state index contributed by atoms with van der Waals surface area (Å²) in [7, 11) is 1.86. The Morgan fingerprint density at radius 1 is 1.50 bits per heavy atom. The topological polar surface area (TPSA) is 58.1 Å². The maximum atomic E-state index is 12.0. The summed E-state index contributed by atoms with van der Waals surface area (Å²) in [6, 6.07) is 2.02. The summed E-state index contributed by atoms with van der Waals surface area (Å²) in [5, 5.41) is 6.16. The van der Waals surface area contributed by atoms with Gasteiger partial charge in [-0.05, 0) is 17.4 Å².